The first-order valence-corrected chi connectivity index (χ1v) is 8.54. The molecule has 1 aromatic carbocycles. The van der Waals surface area contributed by atoms with Crippen LogP contribution < -0.4 is 10.4 Å². The molecule has 2 saturated heterocycles. The minimum Gasteiger partial charge on any atom is -0.399 e. The average Bonchev–Trinajstić information content (AvgIpc) is 2.67. The first-order valence-electron chi connectivity index (χ1n) is 8.54. The Morgan fingerprint density at radius 2 is 1.57 bits per heavy atom. The molecule has 126 valence electrons. The summed E-state index contributed by atoms with van der Waals surface area (Å²) in [5, 5.41) is 0. The lowest BCUT2D eigenvalue weighted by molar-refractivity contribution is -0.00521. The molecular weight excluding hydrogens is 289 g/mol. The van der Waals surface area contributed by atoms with Gasteiger partial charge in [-0.1, -0.05) is 12.1 Å². The third kappa shape index (κ3) is 3.28. The van der Waals surface area contributed by atoms with Gasteiger partial charge in [-0.25, -0.2) is 0 Å². The Balaban J connectivity index is 1.81. The van der Waals surface area contributed by atoms with Crippen molar-refractivity contribution in [3.63, 3.8) is 0 Å². The Bertz CT molecular complexity index is 549. The maximum absolute atomic E-state index is 6.17. The smallest absolute Gasteiger partial charge is 0.399 e. The van der Waals surface area contributed by atoms with Crippen LogP contribution in [0.4, 0.5) is 5.69 Å². The Labute approximate surface area is 140 Å². The van der Waals surface area contributed by atoms with Crippen LogP contribution >= 0.6 is 0 Å². The van der Waals surface area contributed by atoms with Gasteiger partial charge in [0.1, 0.15) is 0 Å². The van der Waals surface area contributed by atoms with Gasteiger partial charge in [-0.15, -0.1) is 0 Å². The molecule has 0 aromatic heterocycles. The molecule has 0 saturated carbocycles. The van der Waals surface area contributed by atoms with Crippen LogP contribution in [0.25, 0.3) is 0 Å². The fourth-order valence-corrected chi connectivity index (χ4v) is 3.24. The Morgan fingerprint density at radius 1 is 1.00 bits per heavy atom. The molecule has 2 aliphatic rings. The van der Waals surface area contributed by atoms with Crippen LogP contribution in [0.1, 0.15) is 41.5 Å². The molecule has 5 heteroatoms. The topological polar surface area (TPSA) is 30.9 Å². The number of morpholine rings is 1. The summed E-state index contributed by atoms with van der Waals surface area (Å²) in [6.45, 7) is 14.4. The summed E-state index contributed by atoms with van der Waals surface area (Å²) in [4.78, 5) is 2.38. The van der Waals surface area contributed by atoms with Gasteiger partial charge in [-0.3, -0.25) is 0 Å². The SMILES string of the molecule is CC1CN(c2cccc(B3OC(C)(C)C(C)(C)O3)c2)C[C@H](C)O1. The van der Waals surface area contributed by atoms with Gasteiger partial charge in [-0.2, -0.15) is 0 Å². The van der Waals surface area contributed by atoms with Crippen molar-refractivity contribution in [2.75, 3.05) is 18.0 Å². The van der Waals surface area contributed by atoms with E-state index in [-0.39, 0.29) is 30.5 Å². The third-order valence-corrected chi connectivity index (χ3v) is 5.18. The van der Waals surface area contributed by atoms with Gasteiger partial charge in [-0.05, 0) is 59.1 Å². The molecule has 0 aliphatic carbocycles. The zero-order valence-electron chi connectivity index (χ0n) is 15.1. The summed E-state index contributed by atoms with van der Waals surface area (Å²) in [5.41, 5.74) is 1.66. The van der Waals surface area contributed by atoms with E-state index in [2.05, 4.69) is 70.7 Å². The first-order chi connectivity index (χ1) is 10.7. The van der Waals surface area contributed by atoms with Crippen molar-refractivity contribution in [1.29, 1.82) is 0 Å². The highest BCUT2D eigenvalue weighted by molar-refractivity contribution is 6.62. The molecule has 2 atom stereocenters. The quantitative estimate of drug-likeness (QED) is 0.785. The molecule has 0 radical (unpaired) electrons. The molecule has 23 heavy (non-hydrogen) atoms. The molecule has 4 nitrogen and oxygen atoms in total. The van der Waals surface area contributed by atoms with Crippen molar-refractivity contribution < 1.29 is 14.0 Å². The number of nitrogens with zero attached hydrogens (tertiary/aromatic N) is 1. The minimum atomic E-state index is -0.310. The molecule has 2 aliphatic heterocycles. The van der Waals surface area contributed by atoms with Crippen LogP contribution in [-0.2, 0) is 14.0 Å². The highest BCUT2D eigenvalue weighted by atomic mass is 16.7. The van der Waals surface area contributed by atoms with Gasteiger partial charge >= 0.3 is 7.12 Å². The normalized spacial score (nSPS) is 29.8. The number of rotatable bonds is 2. The maximum atomic E-state index is 6.17. The van der Waals surface area contributed by atoms with Crippen molar-refractivity contribution in [2.45, 2.75) is 65.0 Å². The van der Waals surface area contributed by atoms with Crippen LogP contribution in [-0.4, -0.2) is 43.6 Å². The first kappa shape index (κ1) is 16.8. The highest BCUT2D eigenvalue weighted by Crippen LogP contribution is 2.36. The standard InChI is InChI=1S/C18H28BNO3/c1-13-11-20(12-14(2)21-13)16-9-7-8-15(10-16)19-22-17(3,4)18(5,6)23-19/h7-10,13-14H,11-12H2,1-6H3/t13-,14?/m0/s1. The lowest BCUT2D eigenvalue weighted by Crippen LogP contribution is -2.46. The van der Waals surface area contributed by atoms with E-state index in [9.17, 15) is 0 Å². The molecule has 0 bridgehead atoms. The van der Waals surface area contributed by atoms with Crippen molar-refractivity contribution >= 4 is 18.3 Å². The summed E-state index contributed by atoms with van der Waals surface area (Å²) >= 11 is 0. The van der Waals surface area contributed by atoms with Gasteiger partial charge < -0.3 is 18.9 Å². The third-order valence-electron chi connectivity index (χ3n) is 5.18. The summed E-state index contributed by atoms with van der Waals surface area (Å²) in [5.74, 6) is 0. The molecule has 1 aromatic rings. The number of anilines is 1. The zero-order valence-corrected chi connectivity index (χ0v) is 15.1. The molecular formula is C18H28BNO3. The second-order valence-corrected chi connectivity index (χ2v) is 7.85. The number of ether oxygens (including phenoxy) is 1. The number of hydrogen-bond donors (Lipinski definition) is 0. The lowest BCUT2D eigenvalue weighted by Gasteiger charge is -2.37. The van der Waals surface area contributed by atoms with E-state index in [0.717, 1.165) is 18.6 Å². The van der Waals surface area contributed by atoms with Crippen LogP contribution in [0.15, 0.2) is 24.3 Å². The largest absolute Gasteiger partial charge is 0.494 e. The van der Waals surface area contributed by atoms with Crippen LogP contribution in [0.3, 0.4) is 0 Å². The fraction of sp³-hybridized carbons (Fsp3) is 0.667. The molecule has 0 N–H and O–H groups in total. The highest BCUT2D eigenvalue weighted by Gasteiger charge is 2.51. The van der Waals surface area contributed by atoms with Crippen LogP contribution in [0.2, 0.25) is 0 Å². The lowest BCUT2D eigenvalue weighted by atomic mass is 9.79. The van der Waals surface area contributed by atoms with Crippen molar-refractivity contribution in [3.05, 3.63) is 24.3 Å². The van der Waals surface area contributed by atoms with Crippen molar-refractivity contribution in [3.8, 4) is 0 Å². The fourth-order valence-electron chi connectivity index (χ4n) is 3.24. The van der Waals surface area contributed by atoms with Gasteiger partial charge in [0.25, 0.3) is 0 Å². The summed E-state index contributed by atoms with van der Waals surface area (Å²) in [6.07, 6.45) is 0.499. The van der Waals surface area contributed by atoms with E-state index < -0.39 is 0 Å². The van der Waals surface area contributed by atoms with Gasteiger partial charge in [0.2, 0.25) is 0 Å². The number of benzene rings is 1. The number of hydrogen-bond acceptors (Lipinski definition) is 4. The van der Waals surface area contributed by atoms with Gasteiger partial charge in [0.15, 0.2) is 0 Å². The second kappa shape index (κ2) is 5.80. The Morgan fingerprint density at radius 3 is 2.13 bits per heavy atom. The summed E-state index contributed by atoms with van der Waals surface area (Å²) in [7, 11) is -0.309. The second-order valence-electron chi connectivity index (χ2n) is 7.85. The molecule has 2 heterocycles. The van der Waals surface area contributed by atoms with Gasteiger partial charge in [0.05, 0.1) is 23.4 Å². The molecule has 0 amide bonds. The monoisotopic (exact) mass is 317 g/mol. The molecule has 2 fully saturated rings. The van der Waals surface area contributed by atoms with Crippen molar-refractivity contribution in [1.82, 2.24) is 0 Å². The van der Waals surface area contributed by atoms with Crippen molar-refractivity contribution in [2.24, 2.45) is 0 Å². The Kier molecular flexibility index (Phi) is 4.24. The molecule has 1 unspecified atom stereocenters. The summed E-state index contributed by atoms with van der Waals surface area (Å²) < 4.78 is 18.2. The van der Waals surface area contributed by atoms with E-state index >= 15 is 0 Å². The van der Waals surface area contributed by atoms with Crippen LogP contribution in [0, 0.1) is 0 Å². The Hall–Kier alpha value is -1.04. The average molecular weight is 317 g/mol. The predicted molar refractivity (Wildman–Crippen MR) is 94.4 cm³/mol. The molecule has 0 spiro atoms. The van der Waals surface area contributed by atoms with E-state index in [4.69, 9.17) is 14.0 Å². The molecule has 3 rings (SSSR count). The zero-order chi connectivity index (χ0) is 16.8. The minimum absolute atomic E-state index is 0.249. The predicted octanol–water partition coefficient (Wildman–Crippen LogP) is 2.60. The van der Waals surface area contributed by atoms with Gasteiger partial charge in [0, 0.05) is 18.8 Å². The summed E-state index contributed by atoms with van der Waals surface area (Å²) in [6, 6.07) is 8.51. The van der Waals surface area contributed by atoms with E-state index in [1.54, 1.807) is 0 Å². The van der Waals surface area contributed by atoms with E-state index in [0.29, 0.717) is 0 Å². The van der Waals surface area contributed by atoms with E-state index in [1.165, 1.54) is 5.69 Å². The van der Waals surface area contributed by atoms with Crippen LogP contribution in [0.5, 0.6) is 0 Å². The maximum Gasteiger partial charge on any atom is 0.494 e. The van der Waals surface area contributed by atoms with E-state index in [1.807, 2.05) is 0 Å².